The Labute approximate surface area is 92.8 Å². The first-order chi connectivity index (χ1) is 7.25. The third kappa shape index (κ3) is 3.44. The third-order valence-corrected chi connectivity index (χ3v) is 3.43. The number of aliphatic hydroxyl groups is 1. The van der Waals surface area contributed by atoms with Gasteiger partial charge < -0.3 is 14.6 Å². The van der Waals surface area contributed by atoms with Crippen LogP contribution in [0.4, 0.5) is 0 Å². The van der Waals surface area contributed by atoms with Crippen LogP contribution in [0.2, 0.25) is 0 Å². The highest BCUT2D eigenvalue weighted by Gasteiger charge is 2.39. The predicted octanol–water partition coefficient (Wildman–Crippen LogP) is 2.12. The number of ether oxygens (including phenoxy) is 2. The molecule has 1 aliphatic heterocycles. The number of rotatable bonds is 6. The lowest BCUT2D eigenvalue weighted by Gasteiger charge is -2.39. The Morgan fingerprint density at radius 1 is 1.33 bits per heavy atom. The minimum absolute atomic E-state index is 0.335. The van der Waals surface area contributed by atoms with Gasteiger partial charge in [-0.05, 0) is 6.42 Å². The molecule has 1 atom stereocenters. The van der Waals surface area contributed by atoms with E-state index >= 15 is 0 Å². The zero-order valence-corrected chi connectivity index (χ0v) is 10.00. The van der Waals surface area contributed by atoms with Gasteiger partial charge in [-0.1, -0.05) is 26.2 Å². The van der Waals surface area contributed by atoms with Gasteiger partial charge in [0.1, 0.15) is 0 Å². The van der Waals surface area contributed by atoms with E-state index in [1.165, 1.54) is 12.8 Å². The summed E-state index contributed by atoms with van der Waals surface area (Å²) in [5, 5.41) is 10.2. The molecule has 0 aliphatic carbocycles. The van der Waals surface area contributed by atoms with Crippen molar-refractivity contribution in [2.45, 2.75) is 57.2 Å². The second kappa shape index (κ2) is 6.46. The van der Waals surface area contributed by atoms with Crippen molar-refractivity contribution in [2.24, 2.45) is 0 Å². The highest BCUT2D eigenvalue weighted by atomic mass is 16.5. The molecular weight excluding hydrogens is 192 g/mol. The molecule has 0 spiro atoms. The zero-order valence-electron chi connectivity index (χ0n) is 10.00. The van der Waals surface area contributed by atoms with Crippen LogP contribution in [0.15, 0.2) is 0 Å². The number of aliphatic hydroxyl groups excluding tert-OH is 1. The maximum absolute atomic E-state index is 10.2. The van der Waals surface area contributed by atoms with E-state index in [2.05, 4.69) is 6.92 Å². The molecule has 0 saturated carbocycles. The number of hydrogen-bond donors (Lipinski definition) is 1. The van der Waals surface area contributed by atoms with Gasteiger partial charge in [0, 0.05) is 33.2 Å². The first kappa shape index (κ1) is 12.9. The fourth-order valence-corrected chi connectivity index (χ4v) is 2.24. The van der Waals surface area contributed by atoms with Crippen molar-refractivity contribution in [1.29, 1.82) is 0 Å². The molecule has 1 saturated heterocycles. The number of methoxy groups -OCH3 is 1. The van der Waals surface area contributed by atoms with Crippen LogP contribution in [0.25, 0.3) is 0 Å². The molecule has 1 N–H and O–H groups in total. The van der Waals surface area contributed by atoms with Gasteiger partial charge in [0.15, 0.2) is 0 Å². The molecule has 0 aromatic rings. The summed E-state index contributed by atoms with van der Waals surface area (Å²) >= 11 is 0. The number of hydrogen-bond acceptors (Lipinski definition) is 3. The van der Waals surface area contributed by atoms with E-state index in [0.717, 1.165) is 25.7 Å². The summed E-state index contributed by atoms with van der Waals surface area (Å²) < 4.78 is 10.9. The summed E-state index contributed by atoms with van der Waals surface area (Å²) in [6.45, 7) is 3.59. The standard InChI is InChI=1S/C12H24O3/c1-3-4-5-6-11(13)12(14-2)7-9-15-10-8-12/h11,13H,3-10H2,1-2H3. The van der Waals surface area contributed by atoms with Gasteiger partial charge >= 0.3 is 0 Å². The van der Waals surface area contributed by atoms with Crippen molar-refractivity contribution >= 4 is 0 Å². The molecule has 0 amide bonds. The predicted molar refractivity (Wildman–Crippen MR) is 59.9 cm³/mol. The summed E-state index contributed by atoms with van der Waals surface area (Å²) in [6.07, 6.45) is 5.61. The maximum Gasteiger partial charge on any atom is 0.0980 e. The molecule has 1 heterocycles. The topological polar surface area (TPSA) is 38.7 Å². The summed E-state index contributed by atoms with van der Waals surface area (Å²) in [7, 11) is 1.70. The smallest absolute Gasteiger partial charge is 0.0980 e. The van der Waals surface area contributed by atoms with Crippen LogP contribution in [0.1, 0.15) is 45.4 Å². The SMILES string of the molecule is CCCCCC(O)C1(OC)CCOCC1. The van der Waals surface area contributed by atoms with Gasteiger partial charge in [-0.3, -0.25) is 0 Å². The average molecular weight is 216 g/mol. The summed E-state index contributed by atoms with van der Waals surface area (Å²) in [5.41, 5.74) is -0.341. The highest BCUT2D eigenvalue weighted by molar-refractivity contribution is 4.90. The van der Waals surface area contributed by atoms with E-state index in [9.17, 15) is 5.11 Å². The van der Waals surface area contributed by atoms with Crippen molar-refractivity contribution in [3.8, 4) is 0 Å². The molecule has 1 fully saturated rings. The van der Waals surface area contributed by atoms with Crippen LogP contribution in [0.5, 0.6) is 0 Å². The van der Waals surface area contributed by atoms with Gasteiger partial charge in [0.2, 0.25) is 0 Å². The first-order valence-electron chi connectivity index (χ1n) is 6.06. The Kier molecular flexibility index (Phi) is 5.58. The fourth-order valence-electron chi connectivity index (χ4n) is 2.24. The molecule has 3 heteroatoms. The molecule has 1 aliphatic rings. The molecular formula is C12H24O3. The van der Waals surface area contributed by atoms with Crippen LogP contribution in [0.3, 0.4) is 0 Å². The Morgan fingerprint density at radius 2 is 2.00 bits per heavy atom. The van der Waals surface area contributed by atoms with E-state index in [1.807, 2.05) is 0 Å². The normalized spacial score (nSPS) is 22.6. The Hall–Kier alpha value is -0.120. The van der Waals surface area contributed by atoms with Gasteiger partial charge in [-0.15, -0.1) is 0 Å². The minimum Gasteiger partial charge on any atom is -0.390 e. The molecule has 15 heavy (non-hydrogen) atoms. The molecule has 0 radical (unpaired) electrons. The van der Waals surface area contributed by atoms with E-state index in [0.29, 0.717) is 13.2 Å². The lowest BCUT2D eigenvalue weighted by molar-refractivity contribution is -0.154. The maximum atomic E-state index is 10.2. The van der Waals surface area contributed by atoms with Crippen molar-refractivity contribution in [3.63, 3.8) is 0 Å². The molecule has 90 valence electrons. The first-order valence-corrected chi connectivity index (χ1v) is 6.06. The van der Waals surface area contributed by atoms with Crippen LogP contribution in [-0.4, -0.2) is 37.1 Å². The van der Waals surface area contributed by atoms with E-state index in [4.69, 9.17) is 9.47 Å². The van der Waals surface area contributed by atoms with Crippen molar-refractivity contribution in [2.75, 3.05) is 20.3 Å². The Morgan fingerprint density at radius 3 is 2.53 bits per heavy atom. The van der Waals surface area contributed by atoms with E-state index in [1.54, 1.807) is 7.11 Å². The van der Waals surface area contributed by atoms with Crippen molar-refractivity contribution in [1.82, 2.24) is 0 Å². The second-order valence-corrected chi connectivity index (χ2v) is 4.39. The molecule has 0 bridgehead atoms. The molecule has 1 unspecified atom stereocenters. The van der Waals surface area contributed by atoms with Crippen LogP contribution < -0.4 is 0 Å². The largest absolute Gasteiger partial charge is 0.390 e. The monoisotopic (exact) mass is 216 g/mol. The lowest BCUT2D eigenvalue weighted by atomic mass is 9.85. The van der Waals surface area contributed by atoms with Gasteiger partial charge in [0.05, 0.1) is 11.7 Å². The highest BCUT2D eigenvalue weighted by Crippen LogP contribution is 2.30. The zero-order chi connectivity index (χ0) is 11.1. The Balaban J connectivity index is 2.40. The number of unbranched alkanes of at least 4 members (excludes halogenated alkanes) is 2. The van der Waals surface area contributed by atoms with Gasteiger partial charge in [-0.25, -0.2) is 0 Å². The second-order valence-electron chi connectivity index (χ2n) is 4.39. The van der Waals surface area contributed by atoms with Gasteiger partial charge in [0.25, 0.3) is 0 Å². The van der Waals surface area contributed by atoms with E-state index < -0.39 is 0 Å². The van der Waals surface area contributed by atoms with Crippen LogP contribution in [-0.2, 0) is 9.47 Å². The Bertz CT molecular complexity index is 164. The van der Waals surface area contributed by atoms with Crippen LogP contribution in [0, 0.1) is 0 Å². The molecule has 3 nitrogen and oxygen atoms in total. The summed E-state index contributed by atoms with van der Waals surface area (Å²) in [4.78, 5) is 0. The summed E-state index contributed by atoms with van der Waals surface area (Å²) in [5.74, 6) is 0. The molecule has 1 rings (SSSR count). The molecule has 0 aromatic carbocycles. The van der Waals surface area contributed by atoms with Crippen molar-refractivity contribution < 1.29 is 14.6 Å². The van der Waals surface area contributed by atoms with Crippen LogP contribution >= 0.6 is 0 Å². The summed E-state index contributed by atoms with van der Waals surface area (Å²) in [6, 6.07) is 0. The average Bonchev–Trinajstić information content (AvgIpc) is 2.30. The van der Waals surface area contributed by atoms with Crippen molar-refractivity contribution in [3.05, 3.63) is 0 Å². The fraction of sp³-hybridized carbons (Fsp3) is 1.00. The van der Waals surface area contributed by atoms with Gasteiger partial charge in [-0.2, -0.15) is 0 Å². The van der Waals surface area contributed by atoms with E-state index in [-0.39, 0.29) is 11.7 Å². The quantitative estimate of drug-likeness (QED) is 0.691. The lowest BCUT2D eigenvalue weighted by Crippen LogP contribution is -2.48. The third-order valence-electron chi connectivity index (χ3n) is 3.43. The molecule has 0 aromatic heterocycles. The minimum atomic E-state index is -0.341.